The van der Waals surface area contributed by atoms with Crippen LogP contribution in [-0.4, -0.2) is 42.7 Å². The van der Waals surface area contributed by atoms with Crippen LogP contribution in [0.5, 0.6) is 5.75 Å². The molecule has 0 radical (unpaired) electrons. The van der Waals surface area contributed by atoms with Gasteiger partial charge in [0.15, 0.2) is 0 Å². The molecular weight excluding hydrogens is 260 g/mol. The van der Waals surface area contributed by atoms with Crippen LogP contribution < -0.4 is 15.4 Å². The van der Waals surface area contributed by atoms with Crippen molar-refractivity contribution in [2.75, 3.05) is 19.7 Å². The van der Waals surface area contributed by atoms with E-state index in [4.69, 9.17) is 9.84 Å². The molecule has 1 aromatic carbocycles. The predicted molar refractivity (Wildman–Crippen MR) is 72.9 cm³/mol. The number of ether oxygens (including phenoxy) is 1. The predicted octanol–water partition coefficient (Wildman–Crippen LogP) is 0.632. The van der Waals surface area contributed by atoms with E-state index in [1.807, 2.05) is 0 Å². The molecule has 0 saturated carbocycles. The summed E-state index contributed by atoms with van der Waals surface area (Å²) in [5.74, 6) is -0.298. The number of carboxylic acids is 1. The van der Waals surface area contributed by atoms with Crippen LogP contribution in [0.15, 0.2) is 24.3 Å². The molecule has 1 aromatic rings. The summed E-state index contributed by atoms with van der Waals surface area (Å²) < 4.78 is 5.48. The Kier molecular flexibility index (Phi) is 4.95. The van der Waals surface area contributed by atoms with Crippen LogP contribution in [0.3, 0.4) is 0 Å². The molecule has 1 heterocycles. The van der Waals surface area contributed by atoms with Gasteiger partial charge >= 0.3 is 5.97 Å². The number of hydrogen-bond acceptors (Lipinski definition) is 4. The molecule has 1 unspecified atom stereocenters. The van der Waals surface area contributed by atoms with Crippen LogP contribution in [0.4, 0.5) is 0 Å². The number of amides is 1. The summed E-state index contributed by atoms with van der Waals surface area (Å²) in [6.45, 7) is 1.75. The van der Waals surface area contributed by atoms with Crippen LogP contribution in [-0.2, 0) is 4.79 Å². The first-order valence-electron chi connectivity index (χ1n) is 6.64. The standard InChI is InChI=1S/C14H18N2O4/c17-13-12(2-1-7-16-13)15-8-9-20-11-5-3-10(4-6-11)14(18)19/h3-6,12,15H,1-2,7-9H2,(H,16,17)(H,18,19). The summed E-state index contributed by atoms with van der Waals surface area (Å²) in [5.41, 5.74) is 0.231. The molecule has 1 saturated heterocycles. The third-order valence-corrected chi connectivity index (χ3v) is 3.15. The monoisotopic (exact) mass is 278 g/mol. The van der Waals surface area contributed by atoms with Gasteiger partial charge in [-0.3, -0.25) is 4.79 Å². The molecule has 6 nitrogen and oxygen atoms in total. The van der Waals surface area contributed by atoms with Crippen LogP contribution in [0.25, 0.3) is 0 Å². The van der Waals surface area contributed by atoms with Gasteiger partial charge in [0.05, 0.1) is 11.6 Å². The minimum absolute atomic E-state index is 0.0436. The summed E-state index contributed by atoms with van der Waals surface area (Å²) in [7, 11) is 0. The highest BCUT2D eigenvalue weighted by Crippen LogP contribution is 2.12. The minimum Gasteiger partial charge on any atom is -0.492 e. The number of carbonyl (C=O) groups is 2. The van der Waals surface area contributed by atoms with Crippen LogP contribution >= 0.6 is 0 Å². The fourth-order valence-corrected chi connectivity index (χ4v) is 2.06. The molecule has 1 aliphatic heterocycles. The van der Waals surface area contributed by atoms with Crippen LogP contribution in [0.1, 0.15) is 23.2 Å². The number of aromatic carboxylic acids is 1. The summed E-state index contributed by atoms with van der Waals surface area (Å²) >= 11 is 0. The molecule has 1 aliphatic rings. The van der Waals surface area contributed by atoms with Gasteiger partial charge in [-0.25, -0.2) is 4.79 Å². The fraction of sp³-hybridized carbons (Fsp3) is 0.429. The third kappa shape index (κ3) is 3.96. The van der Waals surface area contributed by atoms with Crippen molar-refractivity contribution in [1.82, 2.24) is 10.6 Å². The lowest BCUT2D eigenvalue weighted by Gasteiger charge is -2.22. The highest BCUT2D eigenvalue weighted by molar-refractivity contribution is 5.87. The first kappa shape index (κ1) is 14.3. The van der Waals surface area contributed by atoms with E-state index in [-0.39, 0.29) is 17.5 Å². The highest BCUT2D eigenvalue weighted by atomic mass is 16.5. The average molecular weight is 278 g/mol. The largest absolute Gasteiger partial charge is 0.492 e. The lowest BCUT2D eigenvalue weighted by molar-refractivity contribution is -0.124. The summed E-state index contributed by atoms with van der Waals surface area (Å²) in [6.07, 6.45) is 1.83. The van der Waals surface area contributed by atoms with E-state index in [2.05, 4.69) is 10.6 Å². The second-order valence-electron chi connectivity index (χ2n) is 4.62. The van der Waals surface area contributed by atoms with E-state index in [9.17, 15) is 9.59 Å². The number of carboxylic acid groups (broad SMARTS) is 1. The Morgan fingerprint density at radius 1 is 1.40 bits per heavy atom. The number of piperidine rings is 1. The first-order valence-corrected chi connectivity index (χ1v) is 6.64. The molecule has 0 aromatic heterocycles. The molecule has 6 heteroatoms. The Bertz CT molecular complexity index is 473. The fourth-order valence-electron chi connectivity index (χ4n) is 2.06. The summed E-state index contributed by atoms with van der Waals surface area (Å²) in [4.78, 5) is 22.2. The minimum atomic E-state index is -0.957. The maximum atomic E-state index is 11.5. The van der Waals surface area contributed by atoms with Gasteiger partial charge in [-0.15, -0.1) is 0 Å². The zero-order valence-corrected chi connectivity index (χ0v) is 11.1. The van der Waals surface area contributed by atoms with Crippen molar-refractivity contribution in [2.24, 2.45) is 0 Å². The van der Waals surface area contributed by atoms with E-state index in [1.165, 1.54) is 12.1 Å². The van der Waals surface area contributed by atoms with Gasteiger partial charge in [-0.05, 0) is 37.1 Å². The molecule has 0 spiro atoms. The Morgan fingerprint density at radius 3 is 2.80 bits per heavy atom. The van der Waals surface area contributed by atoms with Gasteiger partial charge in [0, 0.05) is 13.1 Å². The maximum absolute atomic E-state index is 11.5. The average Bonchev–Trinajstić information content (AvgIpc) is 2.46. The van der Waals surface area contributed by atoms with E-state index in [0.29, 0.717) is 18.9 Å². The number of rotatable bonds is 6. The second-order valence-corrected chi connectivity index (χ2v) is 4.62. The SMILES string of the molecule is O=C(O)c1ccc(OCCNC2CCCNC2=O)cc1. The first-order chi connectivity index (χ1) is 9.66. The van der Waals surface area contributed by atoms with Crippen molar-refractivity contribution in [2.45, 2.75) is 18.9 Å². The molecule has 0 bridgehead atoms. The van der Waals surface area contributed by atoms with Crippen molar-refractivity contribution in [3.05, 3.63) is 29.8 Å². The van der Waals surface area contributed by atoms with Gasteiger partial charge in [0.1, 0.15) is 12.4 Å². The smallest absolute Gasteiger partial charge is 0.335 e. The highest BCUT2D eigenvalue weighted by Gasteiger charge is 2.20. The summed E-state index contributed by atoms with van der Waals surface area (Å²) in [6, 6.07) is 6.11. The van der Waals surface area contributed by atoms with Crippen molar-refractivity contribution in [3.8, 4) is 5.75 Å². The molecule has 108 valence electrons. The molecule has 1 amide bonds. The quantitative estimate of drug-likeness (QED) is 0.664. The normalized spacial score (nSPS) is 18.4. The topological polar surface area (TPSA) is 87.7 Å². The number of carbonyl (C=O) groups excluding carboxylic acids is 1. The van der Waals surface area contributed by atoms with Gasteiger partial charge in [0.25, 0.3) is 0 Å². The maximum Gasteiger partial charge on any atom is 0.335 e. The van der Waals surface area contributed by atoms with Gasteiger partial charge < -0.3 is 20.5 Å². The Hall–Kier alpha value is -2.08. The van der Waals surface area contributed by atoms with E-state index in [1.54, 1.807) is 12.1 Å². The Labute approximate surface area is 117 Å². The van der Waals surface area contributed by atoms with E-state index < -0.39 is 5.97 Å². The molecule has 1 fully saturated rings. The van der Waals surface area contributed by atoms with Crippen molar-refractivity contribution in [1.29, 1.82) is 0 Å². The van der Waals surface area contributed by atoms with Gasteiger partial charge in [-0.1, -0.05) is 0 Å². The molecule has 20 heavy (non-hydrogen) atoms. The van der Waals surface area contributed by atoms with Crippen molar-refractivity contribution >= 4 is 11.9 Å². The van der Waals surface area contributed by atoms with Crippen molar-refractivity contribution < 1.29 is 19.4 Å². The summed E-state index contributed by atoms with van der Waals surface area (Å²) in [5, 5.41) is 14.7. The van der Waals surface area contributed by atoms with Gasteiger partial charge in [-0.2, -0.15) is 0 Å². The van der Waals surface area contributed by atoms with Crippen molar-refractivity contribution in [3.63, 3.8) is 0 Å². The number of hydrogen-bond donors (Lipinski definition) is 3. The van der Waals surface area contributed by atoms with E-state index in [0.717, 1.165) is 19.4 Å². The molecular formula is C14H18N2O4. The Morgan fingerprint density at radius 2 is 2.15 bits per heavy atom. The Balaban J connectivity index is 1.70. The van der Waals surface area contributed by atoms with E-state index >= 15 is 0 Å². The zero-order valence-electron chi connectivity index (χ0n) is 11.1. The third-order valence-electron chi connectivity index (χ3n) is 3.15. The molecule has 3 N–H and O–H groups in total. The lowest BCUT2D eigenvalue weighted by Crippen LogP contribution is -2.49. The number of nitrogens with one attached hydrogen (secondary N) is 2. The zero-order chi connectivity index (χ0) is 14.4. The van der Waals surface area contributed by atoms with Crippen LogP contribution in [0, 0.1) is 0 Å². The lowest BCUT2D eigenvalue weighted by atomic mass is 10.1. The molecule has 0 aliphatic carbocycles. The molecule has 1 atom stereocenters. The molecule has 2 rings (SSSR count). The number of benzene rings is 1. The van der Waals surface area contributed by atoms with Gasteiger partial charge in [0.2, 0.25) is 5.91 Å². The van der Waals surface area contributed by atoms with Crippen LogP contribution in [0.2, 0.25) is 0 Å². The second kappa shape index (κ2) is 6.91.